The topological polar surface area (TPSA) is 38.3 Å². The van der Waals surface area contributed by atoms with Crippen LogP contribution in [0.1, 0.15) is 18.9 Å². The Hall–Kier alpha value is -0.970. The molecule has 0 aromatic heterocycles. The Bertz CT molecular complexity index is 481. The van der Waals surface area contributed by atoms with Crippen LogP contribution in [0.25, 0.3) is 0 Å². The first-order chi connectivity index (χ1) is 9.63. The SMILES string of the molecule is CCCNC1COCC1C(=O)Cc1cccc(Cl)c1F. The van der Waals surface area contributed by atoms with Crippen molar-refractivity contribution in [3.05, 3.63) is 34.6 Å². The van der Waals surface area contributed by atoms with Crippen molar-refractivity contribution in [1.82, 2.24) is 5.32 Å². The number of hydrogen-bond acceptors (Lipinski definition) is 3. The first kappa shape index (κ1) is 15.4. The van der Waals surface area contributed by atoms with E-state index in [4.69, 9.17) is 16.3 Å². The molecule has 0 amide bonds. The lowest BCUT2D eigenvalue weighted by Crippen LogP contribution is -2.40. The van der Waals surface area contributed by atoms with Gasteiger partial charge in [0.1, 0.15) is 11.6 Å². The molecule has 0 saturated carbocycles. The summed E-state index contributed by atoms with van der Waals surface area (Å²) in [5.41, 5.74) is 0.351. The minimum atomic E-state index is -0.500. The average Bonchev–Trinajstić information content (AvgIpc) is 2.90. The van der Waals surface area contributed by atoms with Gasteiger partial charge in [-0.3, -0.25) is 4.79 Å². The van der Waals surface area contributed by atoms with E-state index < -0.39 is 5.82 Å². The summed E-state index contributed by atoms with van der Waals surface area (Å²) in [6.45, 7) is 3.86. The number of nitrogens with one attached hydrogen (secondary N) is 1. The van der Waals surface area contributed by atoms with Crippen LogP contribution < -0.4 is 5.32 Å². The highest BCUT2D eigenvalue weighted by Crippen LogP contribution is 2.22. The van der Waals surface area contributed by atoms with Gasteiger partial charge in [0.05, 0.1) is 24.2 Å². The molecular weight excluding hydrogens is 281 g/mol. The quantitative estimate of drug-likeness (QED) is 0.877. The molecule has 1 aromatic carbocycles. The van der Waals surface area contributed by atoms with Gasteiger partial charge in [0.15, 0.2) is 0 Å². The summed E-state index contributed by atoms with van der Waals surface area (Å²) < 4.78 is 19.2. The van der Waals surface area contributed by atoms with Crippen LogP contribution in [0, 0.1) is 11.7 Å². The van der Waals surface area contributed by atoms with Gasteiger partial charge in [-0.1, -0.05) is 30.7 Å². The Kier molecular flexibility index (Phi) is 5.52. The number of halogens is 2. The summed E-state index contributed by atoms with van der Waals surface area (Å²) in [6, 6.07) is 4.77. The van der Waals surface area contributed by atoms with Gasteiger partial charge in [0.2, 0.25) is 0 Å². The van der Waals surface area contributed by atoms with Crippen molar-refractivity contribution in [3.63, 3.8) is 0 Å². The molecule has 5 heteroatoms. The van der Waals surface area contributed by atoms with Gasteiger partial charge in [-0.05, 0) is 24.6 Å². The molecule has 110 valence electrons. The number of ether oxygens (including phenoxy) is 1. The summed E-state index contributed by atoms with van der Waals surface area (Å²) in [5, 5.41) is 3.36. The van der Waals surface area contributed by atoms with Crippen molar-refractivity contribution in [2.75, 3.05) is 19.8 Å². The Labute approximate surface area is 123 Å². The largest absolute Gasteiger partial charge is 0.379 e. The molecule has 20 heavy (non-hydrogen) atoms. The lowest BCUT2D eigenvalue weighted by atomic mass is 9.93. The van der Waals surface area contributed by atoms with E-state index >= 15 is 0 Å². The van der Waals surface area contributed by atoms with Gasteiger partial charge < -0.3 is 10.1 Å². The molecule has 1 aliphatic heterocycles. The maximum Gasteiger partial charge on any atom is 0.145 e. The zero-order chi connectivity index (χ0) is 14.5. The second-order valence-corrected chi connectivity index (χ2v) is 5.47. The van der Waals surface area contributed by atoms with Crippen molar-refractivity contribution < 1.29 is 13.9 Å². The van der Waals surface area contributed by atoms with Gasteiger partial charge in [-0.25, -0.2) is 4.39 Å². The first-order valence-electron chi connectivity index (χ1n) is 6.90. The van der Waals surface area contributed by atoms with Crippen LogP contribution in [0.3, 0.4) is 0 Å². The zero-order valence-corrected chi connectivity index (χ0v) is 12.3. The lowest BCUT2D eigenvalue weighted by molar-refractivity contribution is -0.122. The van der Waals surface area contributed by atoms with Crippen molar-refractivity contribution in [3.8, 4) is 0 Å². The van der Waals surface area contributed by atoms with Crippen molar-refractivity contribution >= 4 is 17.4 Å². The van der Waals surface area contributed by atoms with E-state index in [1.807, 2.05) is 0 Å². The fourth-order valence-electron chi connectivity index (χ4n) is 2.41. The molecule has 1 aromatic rings. The predicted molar refractivity (Wildman–Crippen MR) is 76.5 cm³/mol. The third kappa shape index (κ3) is 3.57. The summed E-state index contributed by atoms with van der Waals surface area (Å²) in [5.74, 6) is -0.711. The molecule has 0 spiro atoms. The summed E-state index contributed by atoms with van der Waals surface area (Å²) >= 11 is 5.73. The Morgan fingerprint density at radius 3 is 3.05 bits per heavy atom. The highest BCUT2D eigenvalue weighted by atomic mass is 35.5. The second-order valence-electron chi connectivity index (χ2n) is 5.06. The average molecular weight is 300 g/mol. The fourth-order valence-corrected chi connectivity index (χ4v) is 2.60. The molecule has 1 heterocycles. The van der Waals surface area contributed by atoms with E-state index in [9.17, 15) is 9.18 Å². The van der Waals surface area contributed by atoms with E-state index in [0.29, 0.717) is 18.8 Å². The molecule has 1 aliphatic rings. The monoisotopic (exact) mass is 299 g/mol. The number of carbonyl (C=O) groups is 1. The summed E-state index contributed by atoms with van der Waals surface area (Å²) in [6.07, 6.45) is 1.06. The number of carbonyl (C=O) groups excluding carboxylic acids is 1. The number of hydrogen-bond donors (Lipinski definition) is 1. The van der Waals surface area contributed by atoms with Crippen LogP contribution in [-0.2, 0) is 16.0 Å². The third-order valence-corrected chi connectivity index (χ3v) is 3.84. The van der Waals surface area contributed by atoms with Gasteiger partial charge >= 0.3 is 0 Å². The number of rotatable bonds is 6. The number of ketones is 1. The van der Waals surface area contributed by atoms with Crippen LogP contribution in [0.4, 0.5) is 4.39 Å². The van der Waals surface area contributed by atoms with Gasteiger partial charge in [0, 0.05) is 12.5 Å². The molecule has 1 saturated heterocycles. The van der Waals surface area contributed by atoms with Crippen LogP contribution in [0.2, 0.25) is 5.02 Å². The molecule has 3 nitrogen and oxygen atoms in total. The van der Waals surface area contributed by atoms with E-state index in [1.165, 1.54) is 6.07 Å². The minimum absolute atomic E-state index is 0.00253. The number of benzene rings is 1. The van der Waals surface area contributed by atoms with E-state index in [-0.39, 0.29) is 29.2 Å². The standard InChI is InChI=1S/C15H19ClFNO2/c1-2-6-18-13-9-20-8-11(13)14(19)7-10-4-3-5-12(16)15(10)17/h3-5,11,13,18H,2,6-9H2,1H3. The molecule has 1 fully saturated rings. The third-order valence-electron chi connectivity index (χ3n) is 3.55. The highest BCUT2D eigenvalue weighted by molar-refractivity contribution is 6.30. The predicted octanol–water partition coefficient (Wildman–Crippen LogP) is 2.61. The van der Waals surface area contributed by atoms with Crippen LogP contribution in [0.15, 0.2) is 18.2 Å². The zero-order valence-electron chi connectivity index (χ0n) is 11.5. The van der Waals surface area contributed by atoms with Gasteiger partial charge in [0.25, 0.3) is 0 Å². The molecule has 2 rings (SSSR count). The maximum atomic E-state index is 13.8. The van der Waals surface area contributed by atoms with Crippen LogP contribution in [-0.4, -0.2) is 31.6 Å². The first-order valence-corrected chi connectivity index (χ1v) is 7.28. The molecule has 0 aliphatic carbocycles. The smallest absolute Gasteiger partial charge is 0.145 e. The van der Waals surface area contributed by atoms with Gasteiger partial charge in [-0.15, -0.1) is 0 Å². The van der Waals surface area contributed by atoms with Crippen molar-refractivity contribution in [1.29, 1.82) is 0 Å². The Balaban J connectivity index is 2.02. The summed E-state index contributed by atoms with van der Waals surface area (Å²) in [4.78, 5) is 12.3. The molecular formula is C15H19ClFNO2. The Morgan fingerprint density at radius 1 is 1.50 bits per heavy atom. The lowest BCUT2D eigenvalue weighted by Gasteiger charge is -2.18. The highest BCUT2D eigenvalue weighted by Gasteiger charge is 2.33. The molecule has 2 atom stereocenters. The fraction of sp³-hybridized carbons (Fsp3) is 0.533. The van der Waals surface area contributed by atoms with E-state index in [2.05, 4.69) is 12.2 Å². The normalized spacial score (nSPS) is 22.1. The minimum Gasteiger partial charge on any atom is -0.379 e. The molecule has 0 radical (unpaired) electrons. The van der Waals surface area contributed by atoms with E-state index in [0.717, 1.165) is 13.0 Å². The molecule has 1 N–H and O–H groups in total. The number of Topliss-reactive ketones (excluding diaryl/α,β-unsaturated/α-hetero) is 1. The van der Waals surface area contributed by atoms with Crippen LogP contribution in [0.5, 0.6) is 0 Å². The van der Waals surface area contributed by atoms with Crippen molar-refractivity contribution in [2.45, 2.75) is 25.8 Å². The molecule has 2 unspecified atom stereocenters. The maximum absolute atomic E-state index is 13.8. The van der Waals surface area contributed by atoms with E-state index in [1.54, 1.807) is 12.1 Å². The van der Waals surface area contributed by atoms with Crippen molar-refractivity contribution in [2.24, 2.45) is 5.92 Å². The van der Waals surface area contributed by atoms with Crippen LogP contribution >= 0.6 is 11.6 Å². The summed E-state index contributed by atoms with van der Waals surface area (Å²) in [7, 11) is 0. The Morgan fingerprint density at radius 2 is 2.30 bits per heavy atom. The second kappa shape index (κ2) is 7.16. The van der Waals surface area contributed by atoms with Gasteiger partial charge in [-0.2, -0.15) is 0 Å². The molecule has 0 bridgehead atoms.